The molecule has 1 saturated heterocycles. The minimum absolute atomic E-state index is 0.150. The predicted octanol–water partition coefficient (Wildman–Crippen LogP) is 3.45. The third-order valence-corrected chi connectivity index (χ3v) is 5.68. The van der Waals surface area contributed by atoms with Gasteiger partial charge in [0.25, 0.3) is 0 Å². The van der Waals surface area contributed by atoms with Crippen molar-refractivity contribution in [2.45, 2.75) is 64.6 Å². The first-order valence-corrected chi connectivity index (χ1v) is 10.6. The van der Waals surface area contributed by atoms with Crippen molar-refractivity contribution in [1.82, 2.24) is 15.5 Å². The lowest BCUT2D eigenvalue weighted by Gasteiger charge is -2.32. The lowest BCUT2D eigenvalue weighted by Crippen LogP contribution is -2.47. The van der Waals surface area contributed by atoms with Crippen molar-refractivity contribution in [1.29, 1.82) is 0 Å². The molecule has 2 N–H and O–H groups in total. The average molecular weight is 370 g/mol. The molecule has 148 valence electrons. The van der Waals surface area contributed by atoms with E-state index in [0.29, 0.717) is 24.5 Å². The summed E-state index contributed by atoms with van der Waals surface area (Å²) in [6.45, 7) is 8.86. The van der Waals surface area contributed by atoms with Gasteiger partial charge in [-0.1, -0.05) is 48.9 Å². The van der Waals surface area contributed by atoms with E-state index in [1.54, 1.807) is 5.57 Å². The summed E-state index contributed by atoms with van der Waals surface area (Å²) in [5.74, 6) is 0.849. The van der Waals surface area contributed by atoms with Gasteiger partial charge in [-0.05, 0) is 51.0 Å². The number of carbonyl (C=O) groups excluding carboxylic acids is 1. The van der Waals surface area contributed by atoms with Crippen LogP contribution >= 0.6 is 0 Å². The summed E-state index contributed by atoms with van der Waals surface area (Å²) in [7, 11) is 0. The fraction of sp³-hybridized carbons (Fsp3) is 0.609. The number of carbonyl (C=O) groups is 1. The second kappa shape index (κ2) is 9.52. The van der Waals surface area contributed by atoms with Crippen LogP contribution in [0.4, 0.5) is 0 Å². The maximum atomic E-state index is 11.9. The highest BCUT2D eigenvalue weighted by Gasteiger charge is 2.40. The molecule has 1 aromatic rings. The van der Waals surface area contributed by atoms with Gasteiger partial charge in [-0.15, -0.1) is 0 Å². The van der Waals surface area contributed by atoms with E-state index < -0.39 is 0 Å². The van der Waals surface area contributed by atoms with Gasteiger partial charge in [0.05, 0.1) is 6.54 Å². The molecule has 2 fully saturated rings. The van der Waals surface area contributed by atoms with Crippen LogP contribution in [-0.4, -0.2) is 48.6 Å². The summed E-state index contributed by atoms with van der Waals surface area (Å²) < 4.78 is 0. The number of hydrogen-bond acceptors (Lipinski definition) is 3. The topological polar surface area (TPSA) is 44.4 Å². The number of rotatable bonds is 8. The molecule has 1 aliphatic heterocycles. The summed E-state index contributed by atoms with van der Waals surface area (Å²) in [6, 6.07) is 12.1. The van der Waals surface area contributed by atoms with Gasteiger partial charge in [0.15, 0.2) is 0 Å². The molecule has 1 aromatic carbocycles. The Kier molecular flexibility index (Phi) is 7.08. The maximum absolute atomic E-state index is 11.9. The van der Waals surface area contributed by atoms with Crippen molar-refractivity contribution in [2.24, 2.45) is 5.92 Å². The van der Waals surface area contributed by atoms with Crippen molar-refractivity contribution in [2.75, 3.05) is 19.6 Å². The van der Waals surface area contributed by atoms with E-state index in [1.807, 2.05) is 13.8 Å². The first-order chi connectivity index (χ1) is 13.0. The SMILES string of the molecule is CC/C(=C\c1ccccc1)[C@@H]1C[C@H]1NC1CCN(CC(=O)NC(C)C)CC1. The van der Waals surface area contributed by atoms with Gasteiger partial charge in [-0.2, -0.15) is 0 Å². The third kappa shape index (κ3) is 6.18. The Morgan fingerprint density at radius 2 is 1.93 bits per heavy atom. The molecule has 2 atom stereocenters. The quantitative estimate of drug-likeness (QED) is 0.738. The van der Waals surface area contributed by atoms with Crippen molar-refractivity contribution >= 4 is 12.0 Å². The second-order valence-electron chi connectivity index (χ2n) is 8.37. The van der Waals surface area contributed by atoms with Crippen LogP contribution in [0.15, 0.2) is 35.9 Å². The van der Waals surface area contributed by atoms with Crippen LogP contribution in [0.3, 0.4) is 0 Å². The molecule has 0 radical (unpaired) electrons. The molecule has 1 amide bonds. The molecule has 4 nitrogen and oxygen atoms in total. The van der Waals surface area contributed by atoms with E-state index in [0.717, 1.165) is 32.4 Å². The predicted molar refractivity (Wildman–Crippen MR) is 112 cm³/mol. The molecule has 1 heterocycles. The maximum Gasteiger partial charge on any atom is 0.234 e. The van der Waals surface area contributed by atoms with Gasteiger partial charge in [0.2, 0.25) is 5.91 Å². The van der Waals surface area contributed by atoms with E-state index in [4.69, 9.17) is 0 Å². The molecular formula is C23H35N3O. The third-order valence-electron chi connectivity index (χ3n) is 5.68. The van der Waals surface area contributed by atoms with Crippen molar-refractivity contribution in [3.63, 3.8) is 0 Å². The first kappa shape index (κ1) is 20.1. The Balaban J connectivity index is 1.41. The Labute approximate surface area is 164 Å². The zero-order valence-electron chi connectivity index (χ0n) is 17.1. The molecule has 0 spiro atoms. The second-order valence-corrected chi connectivity index (χ2v) is 8.37. The summed E-state index contributed by atoms with van der Waals surface area (Å²) in [4.78, 5) is 14.2. The Hall–Kier alpha value is -1.65. The first-order valence-electron chi connectivity index (χ1n) is 10.6. The highest BCUT2D eigenvalue weighted by atomic mass is 16.2. The summed E-state index contributed by atoms with van der Waals surface area (Å²) in [6.07, 6.45) is 7.05. The fourth-order valence-electron chi connectivity index (χ4n) is 4.15. The van der Waals surface area contributed by atoms with E-state index in [-0.39, 0.29) is 11.9 Å². The number of amides is 1. The van der Waals surface area contributed by atoms with E-state index in [2.05, 4.69) is 58.9 Å². The molecule has 3 rings (SSSR count). The van der Waals surface area contributed by atoms with E-state index in [9.17, 15) is 4.79 Å². The minimum Gasteiger partial charge on any atom is -0.353 e. The van der Waals surface area contributed by atoms with E-state index >= 15 is 0 Å². The normalized spacial score (nSPS) is 24.2. The minimum atomic E-state index is 0.150. The largest absolute Gasteiger partial charge is 0.353 e. The van der Waals surface area contributed by atoms with Gasteiger partial charge in [0, 0.05) is 31.2 Å². The fourth-order valence-corrected chi connectivity index (χ4v) is 4.15. The van der Waals surface area contributed by atoms with Gasteiger partial charge in [-0.3, -0.25) is 9.69 Å². The van der Waals surface area contributed by atoms with Crippen LogP contribution in [0, 0.1) is 5.92 Å². The van der Waals surface area contributed by atoms with Crippen LogP contribution < -0.4 is 10.6 Å². The van der Waals surface area contributed by atoms with Crippen LogP contribution in [0.1, 0.15) is 52.0 Å². The number of hydrogen-bond donors (Lipinski definition) is 2. The molecule has 0 bridgehead atoms. The van der Waals surface area contributed by atoms with Crippen molar-refractivity contribution in [3.8, 4) is 0 Å². The van der Waals surface area contributed by atoms with Crippen molar-refractivity contribution < 1.29 is 4.79 Å². The molecule has 1 aliphatic carbocycles. The molecule has 2 aliphatic rings. The molecule has 27 heavy (non-hydrogen) atoms. The van der Waals surface area contributed by atoms with Crippen LogP contribution in [-0.2, 0) is 4.79 Å². The lowest BCUT2D eigenvalue weighted by molar-refractivity contribution is -0.123. The number of piperidine rings is 1. The van der Waals surface area contributed by atoms with E-state index in [1.165, 1.54) is 12.0 Å². The highest BCUT2D eigenvalue weighted by molar-refractivity contribution is 5.78. The van der Waals surface area contributed by atoms with Gasteiger partial charge < -0.3 is 10.6 Å². The van der Waals surface area contributed by atoms with Gasteiger partial charge in [0.1, 0.15) is 0 Å². The Bertz CT molecular complexity index is 632. The molecule has 4 heteroatoms. The Morgan fingerprint density at radius 3 is 2.56 bits per heavy atom. The average Bonchev–Trinajstić information content (AvgIpc) is 3.40. The lowest BCUT2D eigenvalue weighted by atomic mass is 10.0. The summed E-state index contributed by atoms with van der Waals surface area (Å²) in [5, 5.41) is 6.87. The van der Waals surface area contributed by atoms with Crippen LogP contribution in [0.5, 0.6) is 0 Å². The van der Waals surface area contributed by atoms with Gasteiger partial charge >= 0.3 is 0 Å². The highest BCUT2D eigenvalue weighted by Crippen LogP contribution is 2.40. The Morgan fingerprint density at radius 1 is 1.22 bits per heavy atom. The molecule has 0 aromatic heterocycles. The monoisotopic (exact) mass is 369 g/mol. The number of benzene rings is 1. The zero-order valence-corrected chi connectivity index (χ0v) is 17.1. The number of nitrogens with zero attached hydrogens (tertiary/aromatic N) is 1. The summed E-state index contributed by atoms with van der Waals surface area (Å²) in [5.41, 5.74) is 2.88. The number of nitrogens with one attached hydrogen (secondary N) is 2. The molecular weight excluding hydrogens is 334 g/mol. The number of likely N-dealkylation sites (tertiary alicyclic amines) is 1. The van der Waals surface area contributed by atoms with Gasteiger partial charge in [-0.25, -0.2) is 0 Å². The van der Waals surface area contributed by atoms with Crippen molar-refractivity contribution in [3.05, 3.63) is 41.5 Å². The zero-order chi connectivity index (χ0) is 19.2. The van der Waals surface area contributed by atoms with Crippen LogP contribution in [0.25, 0.3) is 6.08 Å². The smallest absolute Gasteiger partial charge is 0.234 e. The summed E-state index contributed by atoms with van der Waals surface area (Å²) >= 11 is 0. The molecule has 1 saturated carbocycles. The van der Waals surface area contributed by atoms with Crippen LogP contribution in [0.2, 0.25) is 0 Å². The standard InChI is InChI=1S/C23H35N3O/c1-4-19(14-18-8-6-5-7-9-18)21-15-22(21)25-20-10-12-26(13-11-20)16-23(27)24-17(2)3/h5-9,14,17,20-22,25H,4,10-13,15-16H2,1-3H3,(H,24,27)/b19-14+/t21-,22+/m0/s1. The molecule has 0 unspecified atom stereocenters.